The predicted molar refractivity (Wildman–Crippen MR) is 162 cm³/mol. The number of hydrogen-bond donors (Lipinski definition) is 0. The van der Waals surface area contributed by atoms with Crippen molar-refractivity contribution < 1.29 is 54.6 Å². The van der Waals surface area contributed by atoms with E-state index >= 15 is 0 Å². The van der Waals surface area contributed by atoms with Crippen molar-refractivity contribution >= 4 is 0 Å². The zero-order valence-electron chi connectivity index (χ0n) is 25.9. The summed E-state index contributed by atoms with van der Waals surface area (Å²) in [6, 6.07) is 17.2. The van der Waals surface area contributed by atoms with Crippen LogP contribution in [0, 0.1) is 86.4 Å². The molecule has 4 aromatic heterocycles. The van der Waals surface area contributed by atoms with Crippen molar-refractivity contribution in [3.8, 4) is 45.3 Å². The van der Waals surface area contributed by atoms with Gasteiger partial charge in [-0.3, -0.25) is 37.5 Å². The zero-order valence-corrected chi connectivity index (χ0v) is 27.7. The average molecular weight is 764 g/mol. The first kappa shape index (κ1) is 36.9. The summed E-state index contributed by atoms with van der Waals surface area (Å²) in [4.78, 5) is 16.8. The molecule has 0 fully saturated rings. The van der Waals surface area contributed by atoms with Gasteiger partial charge in [0, 0.05) is 12.4 Å². The van der Waals surface area contributed by atoms with Crippen LogP contribution in [0.1, 0.15) is 22.3 Å². The van der Waals surface area contributed by atoms with E-state index in [1.165, 1.54) is 12.1 Å². The first-order chi connectivity index (χ1) is 22.7. The Bertz CT molecular complexity index is 2040. The van der Waals surface area contributed by atoms with Crippen molar-refractivity contribution in [2.24, 2.45) is 0 Å². The van der Waals surface area contributed by atoms with E-state index in [9.17, 15) is 35.1 Å². The summed E-state index contributed by atoms with van der Waals surface area (Å²) in [5.74, 6) is -13.8. The van der Waals surface area contributed by atoms with Crippen molar-refractivity contribution in [2.45, 2.75) is 27.7 Å². The van der Waals surface area contributed by atoms with Crippen LogP contribution in [0.15, 0.2) is 60.9 Å². The van der Waals surface area contributed by atoms with Gasteiger partial charge in [-0.1, -0.05) is 46.5 Å². The van der Waals surface area contributed by atoms with Gasteiger partial charge in [0.25, 0.3) is 0 Å². The van der Waals surface area contributed by atoms with Crippen LogP contribution in [0.2, 0.25) is 0 Å². The van der Waals surface area contributed by atoms with Gasteiger partial charge in [-0.05, 0) is 86.6 Å². The number of rotatable bonds is 4. The molecule has 4 heterocycles. The van der Waals surface area contributed by atoms with Gasteiger partial charge in [-0.2, -0.15) is 0 Å². The van der Waals surface area contributed by atoms with Crippen molar-refractivity contribution in [2.75, 3.05) is 0 Å². The van der Waals surface area contributed by atoms with E-state index < -0.39 is 57.7 Å². The molecule has 49 heavy (non-hydrogen) atoms. The molecule has 13 heteroatoms. The quantitative estimate of drug-likeness (QED) is 0.0591. The van der Waals surface area contributed by atoms with E-state index in [1.807, 2.05) is 26.0 Å². The summed E-state index contributed by atoms with van der Waals surface area (Å²) < 4.78 is 108. The fourth-order valence-corrected chi connectivity index (χ4v) is 4.60. The Hall–Kier alpha value is -4.90. The van der Waals surface area contributed by atoms with Crippen LogP contribution in [-0.4, -0.2) is 19.9 Å². The Labute approximate surface area is 288 Å². The maximum atomic E-state index is 14.0. The molecule has 0 saturated carbocycles. The topological polar surface area (TPSA) is 51.6 Å². The van der Waals surface area contributed by atoms with Crippen molar-refractivity contribution in [3.63, 3.8) is 0 Å². The van der Waals surface area contributed by atoms with Crippen LogP contribution >= 0.6 is 0 Å². The Kier molecular flexibility index (Phi) is 11.4. The van der Waals surface area contributed by atoms with E-state index in [0.29, 0.717) is 33.9 Å². The van der Waals surface area contributed by atoms with Crippen LogP contribution in [-0.2, 0) is 19.5 Å². The summed E-state index contributed by atoms with van der Waals surface area (Å²) >= 11 is 0. The second kappa shape index (κ2) is 15.1. The van der Waals surface area contributed by atoms with E-state index in [4.69, 9.17) is 0 Å². The average Bonchev–Trinajstić information content (AvgIpc) is 3.06. The second-order valence-corrected chi connectivity index (χ2v) is 10.8. The molecule has 4 nitrogen and oxygen atoms in total. The van der Waals surface area contributed by atoms with E-state index in [1.54, 1.807) is 62.6 Å². The van der Waals surface area contributed by atoms with E-state index in [-0.39, 0.29) is 30.9 Å². The minimum Gasteiger partial charge on any atom is -0.295 e. The Morgan fingerprint density at radius 3 is 1.08 bits per heavy atom. The maximum absolute atomic E-state index is 14.0. The van der Waals surface area contributed by atoms with Crippen molar-refractivity contribution in [1.29, 1.82) is 0 Å². The number of aryl methyl sites for hydroxylation is 4. The predicted octanol–water partition coefficient (Wildman–Crippen LogP) is 9.57. The van der Waals surface area contributed by atoms with Crippen LogP contribution < -0.4 is 0 Å². The molecule has 0 unspecified atom stereocenters. The molecule has 0 spiro atoms. The third kappa shape index (κ3) is 8.05. The fraction of sp³-hybridized carbons (Fsp3) is 0.111. The Morgan fingerprint density at radius 2 is 0.735 bits per heavy atom. The normalized spacial score (nSPS) is 10.7. The minimum absolute atomic E-state index is 0. The molecule has 6 rings (SSSR count). The Balaban J connectivity index is 0.000000216. The summed E-state index contributed by atoms with van der Waals surface area (Å²) in [5, 5.41) is 0. The standard InChI is InChI=1S/2C18H11F4N2.Ru/c2*1-9-3-4-23-14(5-9)15-7-10(2)6-13(24-15)11-8-12(19)17(21)18(22)16(11)20;/h2*3-7H,1-2H3;/q2*-1;+2. The molecular formula is C36H22F8N4Ru. The molecule has 250 valence electrons. The molecular weight excluding hydrogens is 741 g/mol. The summed E-state index contributed by atoms with van der Waals surface area (Å²) in [6.07, 6.45) is 3.19. The fourth-order valence-electron chi connectivity index (χ4n) is 4.60. The van der Waals surface area contributed by atoms with Crippen LogP contribution in [0.3, 0.4) is 0 Å². The SMILES string of the molecule is Cc1ccnc(-c2cc(C)cc(-c3[c-]c(F)c(F)c(F)c3F)n2)c1.Cc1ccnc(-c2cc(C)cc(-c3[c-]c(F)c(F)c(F)c3F)n2)c1.[Ru+2]. The van der Waals surface area contributed by atoms with Gasteiger partial charge in [-0.25, -0.2) is 17.6 Å². The molecule has 0 N–H and O–H groups in total. The molecule has 0 aliphatic rings. The summed E-state index contributed by atoms with van der Waals surface area (Å²) in [5.41, 5.74) is 3.89. The summed E-state index contributed by atoms with van der Waals surface area (Å²) in [6.45, 7) is 7.19. The smallest absolute Gasteiger partial charge is 0.295 e. The molecule has 0 radical (unpaired) electrons. The zero-order chi connectivity index (χ0) is 34.9. The van der Waals surface area contributed by atoms with Gasteiger partial charge in [0.05, 0.1) is 46.0 Å². The third-order valence-electron chi connectivity index (χ3n) is 6.87. The van der Waals surface area contributed by atoms with Crippen LogP contribution in [0.5, 0.6) is 0 Å². The first-order valence-electron chi connectivity index (χ1n) is 14.1. The molecule has 0 aliphatic carbocycles. The monoisotopic (exact) mass is 764 g/mol. The molecule has 0 aliphatic heterocycles. The number of aromatic nitrogens is 4. The largest absolute Gasteiger partial charge is 2.00 e. The number of pyridine rings is 4. The van der Waals surface area contributed by atoms with Gasteiger partial charge in [0.1, 0.15) is 23.3 Å². The first-order valence-corrected chi connectivity index (χ1v) is 14.1. The van der Waals surface area contributed by atoms with Gasteiger partial charge in [0.15, 0.2) is 0 Å². The van der Waals surface area contributed by atoms with Crippen molar-refractivity contribution in [3.05, 3.63) is 142 Å². The van der Waals surface area contributed by atoms with Gasteiger partial charge in [0.2, 0.25) is 0 Å². The Morgan fingerprint density at radius 1 is 0.408 bits per heavy atom. The number of nitrogens with zero attached hydrogens (tertiary/aromatic N) is 4. The molecule has 0 bridgehead atoms. The molecule has 0 saturated heterocycles. The van der Waals surface area contributed by atoms with Crippen LogP contribution in [0.4, 0.5) is 35.1 Å². The second-order valence-electron chi connectivity index (χ2n) is 10.8. The number of halogens is 8. The van der Waals surface area contributed by atoms with Crippen molar-refractivity contribution in [1.82, 2.24) is 19.9 Å². The molecule has 6 aromatic rings. The van der Waals surface area contributed by atoms with Gasteiger partial charge in [-0.15, -0.1) is 0 Å². The summed E-state index contributed by atoms with van der Waals surface area (Å²) in [7, 11) is 0. The molecule has 2 aromatic carbocycles. The van der Waals surface area contributed by atoms with Gasteiger partial charge < -0.3 is 0 Å². The molecule has 0 amide bonds. The molecule has 0 atom stereocenters. The van der Waals surface area contributed by atoms with E-state index in [2.05, 4.69) is 19.9 Å². The minimum atomic E-state index is -1.90. The third-order valence-corrected chi connectivity index (χ3v) is 6.87. The van der Waals surface area contributed by atoms with E-state index in [0.717, 1.165) is 11.1 Å². The number of benzene rings is 2. The van der Waals surface area contributed by atoms with Crippen LogP contribution in [0.25, 0.3) is 45.3 Å². The maximum Gasteiger partial charge on any atom is 2.00 e. The van der Waals surface area contributed by atoms with Gasteiger partial charge >= 0.3 is 19.5 Å². The number of hydrogen-bond acceptors (Lipinski definition) is 4.